The second-order valence-electron chi connectivity index (χ2n) is 6.04. The van der Waals surface area contributed by atoms with E-state index in [2.05, 4.69) is 78.6 Å². The Hall–Kier alpha value is -2.80. The van der Waals surface area contributed by atoms with Crippen LogP contribution in [0.5, 0.6) is 0 Å². The van der Waals surface area contributed by atoms with E-state index in [9.17, 15) is 0 Å². The minimum absolute atomic E-state index is 1.20. The number of rotatable bonds is 0. The van der Waals surface area contributed by atoms with Crippen LogP contribution in [-0.2, 0) is 0 Å². The van der Waals surface area contributed by atoms with Crippen molar-refractivity contribution in [2.45, 2.75) is 6.92 Å². The molecule has 1 heterocycles. The maximum Gasteiger partial charge on any atom is 0.0471 e. The van der Waals surface area contributed by atoms with Crippen LogP contribution in [0.2, 0.25) is 0 Å². The van der Waals surface area contributed by atoms with Crippen molar-refractivity contribution >= 4 is 43.4 Å². The SMILES string of the molecule is Cc1ccc2c(ccc3c2ccc2[nH]c4ccccc4c23)c1. The summed E-state index contributed by atoms with van der Waals surface area (Å²) in [6.07, 6.45) is 0. The molecule has 5 rings (SSSR count). The molecule has 1 aromatic heterocycles. The van der Waals surface area contributed by atoms with Crippen LogP contribution in [0.4, 0.5) is 0 Å². The van der Waals surface area contributed by atoms with Gasteiger partial charge in [-0.1, -0.05) is 60.2 Å². The summed E-state index contributed by atoms with van der Waals surface area (Å²) in [6, 6.07) is 24.2. The number of hydrogen-bond acceptors (Lipinski definition) is 0. The molecule has 104 valence electrons. The maximum atomic E-state index is 3.53. The molecular weight excluding hydrogens is 266 g/mol. The van der Waals surface area contributed by atoms with E-state index < -0.39 is 0 Å². The third kappa shape index (κ3) is 1.48. The number of fused-ring (bicyclic) bond motifs is 7. The number of H-pyrrole nitrogens is 1. The van der Waals surface area contributed by atoms with Gasteiger partial charge in [0.05, 0.1) is 0 Å². The Balaban J connectivity index is 2.06. The van der Waals surface area contributed by atoms with Gasteiger partial charge >= 0.3 is 0 Å². The van der Waals surface area contributed by atoms with Crippen LogP contribution in [0.25, 0.3) is 43.4 Å². The molecule has 0 aliphatic carbocycles. The molecule has 0 saturated carbocycles. The van der Waals surface area contributed by atoms with Crippen molar-refractivity contribution < 1.29 is 0 Å². The largest absolute Gasteiger partial charge is 0.354 e. The third-order valence-electron chi connectivity index (χ3n) is 4.64. The lowest BCUT2D eigenvalue weighted by atomic mass is 9.97. The van der Waals surface area contributed by atoms with Crippen molar-refractivity contribution in [1.82, 2.24) is 4.98 Å². The first-order valence-electron chi connectivity index (χ1n) is 7.64. The number of hydrogen-bond donors (Lipinski definition) is 1. The predicted molar refractivity (Wildman–Crippen MR) is 95.6 cm³/mol. The summed E-state index contributed by atoms with van der Waals surface area (Å²) in [5.41, 5.74) is 3.72. The number of benzene rings is 4. The van der Waals surface area contributed by atoms with Crippen LogP contribution in [-0.4, -0.2) is 4.98 Å². The Labute approximate surface area is 128 Å². The predicted octanol–water partition coefficient (Wildman–Crippen LogP) is 5.94. The first-order chi connectivity index (χ1) is 10.8. The minimum Gasteiger partial charge on any atom is -0.354 e. The molecule has 0 bridgehead atoms. The van der Waals surface area contributed by atoms with Gasteiger partial charge in [0.2, 0.25) is 0 Å². The zero-order valence-electron chi connectivity index (χ0n) is 12.4. The van der Waals surface area contributed by atoms with Crippen LogP contribution in [0.15, 0.2) is 66.7 Å². The summed E-state index contributed by atoms with van der Waals surface area (Å²) in [5.74, 6) is 0. The first kappa shape index (κ1) is 11.8. The maximum absolute atomic E-state index is 3.53. The number of aryl methyl sites for hydroxylation is 1. The standard InChI is InChI=1S/C21H15N/c1-13-6-8-15-14(12-13)7-9-17-16(15)10-11-20-21(17)18-4-2-3-5-19(18)22-20/h2-12,22H,1H3. The van der Waals surface area contributed by atoms with Gasteiger partial charge in [-0.3, -0.25) is 0 Å². The Morgan fingerprint density at radius 2 is 1.45 bits per heavy atom. The molecule has 0 radical (unpaired) electrons. The van der Waals surface area contributed by atoms with Gasteiger partial charge in [0.1, 0.15) is 0 Å². The molecule has 0 spiro atoms. The highest BCUT2D eigenvalue weighted by Crippen LogP contribution is 2.35. The summed E-state index contributed by atoms with van der Waals surface area (Å²) in [7, 11) is 0. The van der Waals surface area contributed by atoms with Gasteiger partial charge < -0.3 is 4.98 Å². The van der Waals surface area contributed by atoms with E-state index in [-0.39, 0.29) is 0 Å². The van der Waals surface area contributed by atoms with Gasteiger partial charge in [-0.15, -0.1) is 0 Å². The zero-order valence-corrected chi connectivity index (χ0v) is 12.4. The van der Waals surface area contributed by atoms with Crippen LogP contribution in [0, 0.1) is 6.92 Å². The topological polar surface area (TPSA) is 15.8 Å². The van der Waals surface area contributed by atoms with Gasteiger partial charge in [0, 0.05) is 21.8 Å². The highest BCUT2D eigenvalue weighted by atomic mass is 14.7. The molecule has 0 saturated heterocycles. The number of para-hydroxylation sites is 1. The fraction of sp³-hybridized carbons (Fsp3) is 0.0476. The first-order valence-corrected chi connectivity index (χ1v) is 7.64. The summed E-state index contributed by atoms with van der Waals surface area (Å²) in [6.45, 7) is 2.15. The van der Waals surface area contributed by atoms with Gasteiger partial charge in [0.15, 0.2) is 0 Å². The molecule has 0 aliphatic rings. The van der Waals surface area contributed by atoms with Gasteiger partial charge in [-0.25, -0.2) is 0 Å². The Kier molecular flexibility index (Phi) is 2.21. The van der Waals surface area contributed by atoms with Crippen molar-refractivity contribution in [1.29, 1.82) is 0 Å². The highest BCUT2D eigenvalue weighted by molar-refractivity contribution is 6.24. The normalized spacial score (nSPS) is 11.9. The molecule has 4 aromatic carbocycles. The monoisotopic (exact) mass is 281 g/mol. The Bertz CT molecular complexity index is 1180. The smallest absolute Gasteiger partial charge is 0.0471 e. The van der Waals surface area contributed by atoms with Crippen molar-refractivity contribution in [3.8, 4) is 0 Å². The van der Waals surface area contributed by atoms with Crippen LogP contribution in [0.3, 0.4) is 0 Å². The molecule has 1 nitrogen and oxygen atoms in total. The molecule has 1 N–H and O–H groups in total. The molecular formula is C21H15N. The Morgan fingerprint density at radius 1 is 0.636 bits per heavy atom. The fourth-order valence-electron chi connectivity index (χ4n) is 3.62. The lowest BCUT2D eigenvalue weighted by Gasteiger charge is -2.06. The summed E-state index contributed by atoms with van der Waals surface area (Å²) in [4.78, 5) is 3.53. The summed E-state index contributed by atoms with van der Waals surface area (Å²) < 4.78 is 0. The van der Waals surface area contributed by atoms with Gasteiger partial charge in [-0.05, 0) is 40.6 Å². The van der Waals surface area contributed by atoms with Crippen LogP contribution >= 0.6 is 0 Å². The molecule has 0 atom stereocenters. The van der Waals surface area contributed by atoms with E-state index in [1.54, 1.807) is 0 Å². The van der Waals surface area contributed by atoms with E-state index in [1.165, 1.54) is 48.9 Å². The number of aromatic amines is 1. The van der Waals surface area contributed by atoms with Gasteiger partial charge in [-0.2, -0.15) is 0 Å². The summed E-state index contributed by atoms with van der Waals surface area (Å²) >= 11 is 0. The summed E-state index contributed by atoms with van der Waals surface area (Å²) in [5, 5.41) is 7.92. The quantitative estimate of drug-likeness (QED) is 0.338. The van der Waals surface area contributed by atoms with Gasteiger partial charge in [0.25, 0.3) is 0 Å². The molecule has 5 aromatic rings. The fourth-order valence-corrected chi connectivity index (χ4v) is 3.62. The minimum atomic E-state index is 1.20. The Morgan fingerprint density at radius 3 is 2.41 bits per heavy atom. The van der Waals surface area contributed by atoms with E-state index in [0.29, 0.717) is 0 Å². The van der Waals surface area contributed by atoms with E-state index in [4.69, 9.17) is 0 Å². The molecule has 0 fully saturated rings. The molecule has 22 heavy (non-hydrogen) atoms. The van der Waals surface area contributed by atoms with E-state index in [1.807, 2.05) is 0 Å². The van der Waals surface area contributed by atoms with Crippen molar-refractivity contribution in [2.75, 3.05) is 0 Å². The average Bonchev–Trinajstić information content (AvgIpc) is 2.93. The van der Waals surface area contributed by atoms with Crippen molar-refractivity contribution in [2.24, 2.45) is 0 Å². The molecule has 0 unspecified atom stereocenters. The average molecular weight is 281 g/mol. The number of aromatic nitrogens is 1. The van der Waals surface area contributed by atoms with Crippen LogP contribution in [0.1, 0.15) is 5.56 Å². The zero-order chi connectivity index (χ0) is 14.7. The molecule has 1 heteroatoms. The molecule has 0 amide bonds. The van der Waals surface area contributed by atoms with Crippen molar-refractivity contribution in [3.05, 3.63) is 72.3 Å². The second kappa shape index (κ2) is 4.11. The third-order valence-corrected chi connectivity index (χ3v) is 4.64. The number of nitrogens with one attached hydrogen (secondary N) is 1. The van der Waals surface area contributed by atoms with E-state index >= 15 is 0 Å². The molecule has 0 aliphatic heterocycles. The lowest BCUT2D eigenvalue weighted by molar-refractivity contribution is 1.51. The lowest BCUT2D eigenvalue weighted by Crippen LogP contribution is -1.80. The highest BCUT2D eigenvalue weighted by Gasteiger charge is 2.09. The van der Waals surface area contributed by atoms with Crippen LogP contribution < -0.4 is 0 Å². The van der Waals surface area contributed by atoms with E-state index in [0.717, 1.165) is 0 Å². The second-order valence-corrected chi connectivity index (χ2v) is 6.04. The van der Waals surface area contributed by atoms with Crippen molar-refractivity contribution in [3.63, 3.8) is 0 Å².